The van der Waals surface area contributed by atoms with E-state index < -0.39 is 42.1 Å². The van der Waals surface area contributed by atoms with E-state index in [1.165, 1.54) is 34.8 Å². The van der Waals surface area contributed by atoms with Crippen LogP contribution in [0.15, 0.2) is 36.4 Å². The monoisotopic (exact) mass is 623 g/mol. The van der Waals surface area contributed by atoms with E-state index in [2.05, 4.69) is 15.2 Å². The fraction of sp³-hybridized carbons (Fsp3) is 0.357. The molecule has 2 aromatic carbocycles. The summed E-state index contributed by atoms with van der Waals surface area (Å²) in [5.74, 6) is -2.82. The predicted molar refractivity (Wildman–Crippen MR) is 147 cm³/mol. The number of rotatable bonds is 6. The van der Waals surface area contributed by atoms with Crippen molar-refractivity contribution in [3.8, 4) is 5.75 Å². The number of hydrogen-bond acceptors (Lipinski definition) is 5. The number of likely N-dealkylation sites (N-methyl/N-ethyl adjacent to an activating group) is 1. The van der Waals surface area contributed by atoms with Crippen LogP contribution in [0.2, 0.25) is 10.0 Å². The Morgan fingerprint density at radius 3 is 2.52 bits per heavy atom. The van der Waals surface area contributed by atoms with Crippen LogP contribution < -0.4 is 10.1 Å². The van der Waals surface area contributed by atoms with E-state index in [0.29, 0.717) is 33.8 Å². The number of alkyl halides is 2. The number of ether oxygens (including phenoxy) is 1. The van der Waals surface area contributed by atoms with Crippen molar-refractivity contribution < 1.29 is 32.3 Å². The Bertz CT molecular complexity index is 1580. The minimum absolute atomic E-state index is 0.0492. The van der Waals surface area contributed by atoms with Crippen molar-refractivity contribution in [2.24, 2.45) is 0 Å². The molecule has 0 bridgehead atoms. The molecule has 0 aliphatic carbocycles. The smallest absolute Gasteiger partial charge is 0.387 e. The van der Waals surface area contributed by atoms with E-state index in [1.54, 1.807) is 17.9 Å². The van der Waals surface area contributed by atoms with Crippen LogP contribution in [-0.4, -0.2) is 63.5 Å². The van der Waals surface area contributed by atoms with Gasteiger partial charge in [-0.3, -0.25) is 14.4 Å². The standard InChI is InChI=1S/C28H26Cl2F3N5O4/c1-13-8-21-17(11-36(13)26(40)16-4-6-18(29)19(30)9-16)24-27(41)37(12-22(25(39)34-3)38(24)35-21)14(2)15-5-7-23(20(31)10-15)42-28(32)33/h4-7,9-10,13-14,22,28H,8,11-12H2,1-3H3,(H,34,39)/t13-,14-,22+/m1/s1. The molecule has 3 aromatic rings. The maximum atomic E-state index is 14.6. The van der Waals surface area contributed by atoms with Gasteiger partial charge >= 0.3 is 6.61 Å². The number of benzene rings is 2. The fourth-order valence-electron chi connectivity index (χ4n) is 5.41. The summed E-state index contributed by atoms with van der Waals surface area (Å²) in [5.41, 5.74) is 1.88. The van der Waals surface area contributed by atoms with Gasteiger partial charge in [0.25, 0.3) is 11.8 Å². The van der Waals surface area contributed by atoms with Crippen LogP contribution in [0.3, 0.4) is 0 Å². The van der Waals surface area contributed by atoms with Crippen LogP contribution in [0, 0.1) is 5.82 Å². The first-order chi connectivity index (χ1) is 19.9. The van der Waals surface area contributed by atoms with Crippen molar-refractivity contribution in [2.45, 2.75) is 51.6 Å². The Hall–Kier alpha value is -3.77. The van der Waals surface area contributed by atoms with Crippen molar-refractivity contribution in [1.29, 1.82) is 0 Å². The summed E-state index contributed by atoms with van der Waals surface area (Å²) in [7, 11) is 1.46. The average molecular weight is 624 g/mol. The molecular weight excluding hydrogens is 598 g/mol. The Morgan fingerprint density at radius 1 is 1.14 bits per heavy atom. The number of carbonyl (C=O) groups excluding carboxylic acids is 3. The molecule has 14 heteroatoms. The summed E-state index contributed by atoms with van der Waals surface area (Å²) in [6.07, 6.45) is 0.336. The molecule has 0 spiro atoms. The lowest BCUT2D eigenvalue weighted by atomic mass is 9.96. The molecule has 0 saturated heterocycles. The van der Waals surface area contributed by atoms with E-state index in [4.69, 9.17) is 23.2 Å². The minimum Gasteiger partial charge on any atom is -0.432 e. The van der Waals surface area contributed by atoms with Gasteiger partial charge in [-0.05, 0) is 49.7 Å². The average Bonchev–Trinajstić information content (AvgIpc) is 3.32. The molecule has 222 valence electrons. The summed E-state index contributed by atoms with van der Waals surface area (Å²) in [6, 6.07) is 6.11. The Kier molecular flexibility index (Phi) is 8.13. The van der Waals surface area contributed by atoms with Gasteiger partial charge in [0.1, 0.15) is 11.7 Å². The second-order valence-corrected chi connectivity index (χ2v) is 11.0. The number of halogens is 5. The van der Waals surface area contributed by atoms with Crippen molar-refractivity contribution >= 4 is 40.9 Å². The SMILES string of the molecule is CNC(=O)[C@@H]1CN([C@H](C)c2ccc(OC(F)F)c(F)c2)C(=O)c2c3c(nn21)C[C@@H](C)N(C(=O)c1ccc(Cl)c(Cl)c1)C3. The topological polar surface area (TPSA) is 96.8 Å². The lowest BCUT2D eigenvalue weighted by molar-refractivity contribution is -0.125. The Morgan fingerprint density at radius 2 is 1.88 bits per heavy atom. The van der Waals surface area contributed by atoms with Gasteiger partial charge in [-0.2, -0.15) is 13.9 Å². The Balaban J connectivity index is 1.51. The predicted octanol–water partition coefficient (Wildman–Crippen LogP) is 5.02. The van der Waals surface area contributed by atoms with Crippen molar-refractivity contribution in [3.63, 3.8) is 0 Å². The molecule has 3 amide bonds. The highest BCUT2D eigenvalue weighted by Gasteiger charge is 2.43. The zero-order chi connectivity index (χ0) is 30.5. The summed E-state index contributed by atoms with van der Waals surface area (Å²) < 4.78 is 45.4. The number of carbonyl (C=O) groups is 3. The van der Waals surface area contributed by atoms with E-state index in [0.717, 1.165) is 12.1 Å². The van der Waals surface area contributed by atoms with Crippen LogP contribution in [-0.2, 0) is 17.8 Å². The minimum atomic E-state index is -3.20. The van der Waals surface area contributed by atoms with Gasteiger partial charge in [-0.1, -0.05) is 29.3 Å². The first-order valence-electron chi connectivity index (χ1n) is 13.0. The maximum absolute atomic E-state index is 14.6. The van der Waals surface area contributed by atoms with E-state index in [1.807, 2.05) is 6.92 Å². The summed E-state index contributed by atoms with van der Waals surface area (Å²) in [4.78, 5) is 43.5. The number of aromatic nitrogens is 2. The van der Waals surface area contributed by atoms with Crippen LogP contribution in [0.25, 0.3) is 0 Å². The molecule has 5 rings (SSSR count). The van der Waals surface area contributed by atoms with Crippen molar-refractivity contribution in [1.82, 2.24) is 24.9 Å². The third-order valence-electron chi connectivity index (χ3n) is 7.67. The van der Waals surface area contributed by atoms with Crippen LogP contribution in [0.5, 0.6) is 5.75 Å². The largest absolute Gasteiger partial charge is 0.432 e. The first kappa shape index (κ1) is 29.7. The lowest BCUT2D eigenvalue weighted by Gasteiger charge is -2.38. The number of nitrogens with zero attached hydrogens (tertiary/aromatic N) is 4. The quantitative estimate of drug-likeness (QED) is 0.416. The van der Waals surface area contributed by atoms with Gasteiger partial charge < -0.3 is 19.9 Å². The molecule has 2 aliphatic rings. The summed E-state index contributed by atoms with van der Waals surface area (Å²) >= 11 is 12.2. The van der Waals surface area contributed by atoms with Gasteiger partial charge in [0.05, 0.1) is 34.9 Å². The van der Waals surface area contributed by atoms with Crippen molar-refractivity contribution in [3.05, 3.63) is 80.3 Å². The van der Waals surface area contributed by atoms with Crippen LogP contribution >= 0.6 is 23.2 Å². The molecule has 3 atom stereocenters. The first-order valence-corrected chi connectivity index (χ1v) is 13.8. The van der Waals surface area contributed by atoms with Crippen LogP contribution in [0.4, 0.5) is 13.2 Å². The molecule has 0 unspecified atom stereocenters. The zero-order valence-corrected chi connectivity index (χ0v) is 24.2. The third-order valence-corrected chi connectivity index (χ3v) is 8.41. The maximum Gasteiger partial charge on any atom is 0.387 e. The number of nitrogens with one attached hydrogen (secondary N) is 1. The van der Waals surface area contributed by atoms with Gasteiger partial charge in [0.15, 0.2) is 11.6 Å². The third kappa shape index (κ3) is 5.29. The van der Waals surface area contributed by atoms with Gasteiger partial charge in [0, 0.05) is 30.6 Å². The molecule has 0 radical (unpaired) electrons. The highest BCUT2D eigenvalue weighted by Crippen LogP contribution is 2.36. The molecule has 9 nitrogen and oxygen atoms in total. The fourth-order valence-corrected chi connectivity index (χ4v) is 5.70. The Labute approximate surface area is 249 Å². The molecule has 1 aromatic heterocycles. The van der Waals surface area contributed by atoms with E-state index >= 15 is 0 Å². The van der Waals surface area contributed by atoms with Crippen LogP contribution in [0.1, 0.15) is 63.6 Å². The van der Waals surface area contributed by atoms with Gasteiger partial charge in [-0.15, -0.1) is 0 Å². The summed E-state index contributed by atoms with van der Waals surface area (Å²) in [6.45, 7) is 0.275. The van der Waals surface area contributed by atoms with Crippen molar-refractivity contribution in [2.75, 3.05) is 13.6 Å². The van der Waals surface area contributed by atoms with E-state index in [-0.39, 0.29) is 35.8 Å². The molecule has 3 heterocycles. The second-order valence-electron chi connectivity index (χ2n) is 10.2. The second kappa shape index (κ2) is 11.5. The number of fused-ring (bicyclic) bond motifs is 3. The summed E-state index contributed by atoms with van der Waals surface area (Å²) in [5, 5.41) is 7.78. The molecule has 0 fully saturated rings. The highest BCUT2D eigenvalue weighted by atomic mass is 35.5. The normalized spacial score (nSPS) is 18.9. The lowest BCUT2D eigenvalue weighted by Crippen LogP contribution is -2.49. The number of amides is 3. The van der Waals surface area contributed by atoms with Gasteiger partial charge in [-0.25, -0.2) is 9.07 Å². The molecule has 0 saturated carbocycles. The van der Waals surface area contributed by atoms with E-state index in [9.17, 15) is 27.6 Å². The molecular formula is C28H26Cl2F3N5O4. The van der Waals surface area contributed by atoms with Gasteiger partial charge in [0.2, 0.25) is 5.91 Å². The molecule has 1 N–H and O–H groups in total. The molecule has 2 aliphatic heterocycles. The number of hydrogen-bond donors (Lipinski definition) is 1. The highest BCUT2D eigenvalue weighted by molar-refractivity contribution is 6.42. The molecule has 42 heavy (non-hydrogen) atoms. The zero-order valence-electron chi connectivity index (χ0n) is 22.7.